The lowest BCUT2D eigenvalue weighted by atomic mass is 9.94. The standard InChI is InChI=1S/C15H28N4/c1-11(2)6-13-9-19(14-7-17-18(5)10-14)15(8-16-13)12(3)4/h7,10-13,15-16H,6,8-9H2,1-5H3. The summed E-state index contributed by atoms with van der Waals surface area (Å²) >= 11 is 0. The first-order chi connectivity index (χ1) is 8.97. The second kappa shape index (κ2) is 5.95. The van der Waals surface area contributed by atoms with Crippen LogP contribution in [0.3, 0.4) is 0 Å². The summed E-state index contributed by atoms with van der Waals surface area (Å²) in [5.41, 5.74) is 1.26. The molecule has 0 aliphatic carbocycles. The van der Waals surface area contributed by atoms with Crippen LogP contribution in [0, 0.1) is 11.8 Å². The fourth-order valence-electron chi connectivity index (χ4n) is 3.01. The lowest BCUT2D eigenvalue weighted by Gasteiger charge is -2.43. The molecule has 1 N–H and O–H groups in total. The van der Waals surface area contributed by atoms with Gasteiger partial charge in [-0.05, 0) is 18.3 Å². The normalized spacial score (nSPS) is 24.5. The van der Waals surface area contributed by atoms with Crippen LogP contribution in [0.25, 0.3) is 0 Å². The molecule has 0 saturated carbocycles. The zero-order chi connectivity index (χ0) is 14.0. The van der Waals surface area contributed by atoms with Crippen LogP contribution in [-0.2, 0) is 7.05 Å². The van der Waals surface area contributed by atoms with Crippen molar-refractivity contribution in [1.82, 2.24) is 15.1 Å². The van der Waals surface area contributed by atoms with Crippen molar-refractivity contribution in [3.05, 3.63) is 12.4 Å². The average molecular weight is 264 g/mol. The summed E-state index contributed by atoms with van der Waals surface area (Å²) in [7, 11) is 1.99. The van der Waals surface area contributed by atoms with E-state index < -0.39 is 0 Å². The Morgan fingerprint density at radius 3 is 2.63 bits per heavy atom. The van der Waals surface area contributed by atoms with E-state index >= 15 is 0 Å². The van der Waals surface area contributed by atoms with Crippen LogP contribution in [-0.4, -0.2) is 35.0 Å². The monoisotopic (exact) mass is 264 g/mol. The molecule has 2 rings (SSSR count). The highest BCUT2D eigenvalue weighted by Gasteiger charge is 2.30. The number of aromatic nitrogens is 2. The van der Waals surface area contributed by atoms with E-state index in [-0.39, 0.29) is 0 Å². The van der Waals surface area contributed by atoms with Crippen molar-refractivity contribution in [2.75, 3.05) is 18.0 Å². The molecule has 1 aliphatic heterocycles. The number of hydrogen-bond donors (Lipinski definition) is 1. The van der Waals surface area contributed by atoms with Crippen LogP contribution < -0.4 is 10.2 Å². The predicted octanol–water partition coefficient (Wildman–Crippen LogP) is 2.27. The smallest absolute Gasteiger partial charge is 0.0755 e. The Kier molecular flexibility index (Phi) is 4.50. The van der Waals surface area contributed by atoms with E-state index in [1.54, 1.807) is 0 Å². The van der Waals surface area contributed by atoms with Gasteiger partial charge in [-0.15, -0.1) is 0 Å². The van der Waals surface area contributed by atoms with Crippen molar-refractivity contribution < 1.29 is 0 Å². The Balaban J connectivity index is 2.13. The Labute approximate surface area is 117 Å². The second-order valence-corrected chi connectivity index (χ2v) is 6.57. The zero-order valence-corrected chi connectivity index (χ0v) is 12.9. The van der Waals surface area contributed by atoms with E-state index in [1.165, 1.54) is 12.1 Å². The fraction of sp³-hybridized carbons (Fsp3) is 0.800. The van der Waals surface area contributed by atoms with Crippen LogP contribution >= 0.6 is 0 Å². The number of anilines is 1. The molecule has 4 heteroatoms. The highest BCUT2D eigenvalue weighted by molar-refractivity contribution is 5.45. The van der Waals surface area contributed by atoms with Gasteiger partial charge in [-0.25, -0.2) is 0 Å². The first-order valence-corrected chi connectivity index (χ1v) is 7.46. The third kappa shape index (κ3) is 3.50. The number of nitrogens with zero attached hydrogens (tertiary/aromatic N) is 3. The molecule has 2 heterocycles. The number of rotatable bonds is 4. The zero-order valence-electron chi connectivity index (χ0n) is 12.9. The molecule has 1 saturated heterocycles. The van der Waals surface area contributed by atoms with Gasteiger partial charge in [0.1, 0.15) is 0 Å². The minimum absolute atomic E-state index is 0.563. The maximum absolute atomic E-state index is 4.33. The van der Waals surface area contributed by atoms with Gasteiger partial charge in [0.2, 0.25) is 0 Å². The molecular weight excluding hydrogens is 236 g/mol. The van der Waals surface area contributed by atoms with E-state index in [1.807, 2.05) is 17.9 Å². The first kappa shape index (κ1) is 14.4. The molecule has 0 spiro atoms. The van der Waals surface area contributed by atoms with Gasteiger partial charge in [0, 0.05) is 38.4 Å². The van der Waals surface area contributed by atoms with E-state index in [9.17, 15) is 0 Å². The summed E-state index contributed by atoms with van der Waals surface area (Å²) in [4.78, 5) is 2.54. The molecule has 0 amide bonds. The van der Waals surface area contributed by atoms with Crippen molar-refractivity contribution in [1.29, 1.82) is 0 Å². The van der Waals surface area contributed by atoms with E-state index in [0.717, 1.165) is 19.0 Å². The Morgan fingerprint density at radius 1 is 1.37 bits per heavy atom. The number of nitrogens with one attached hydrogen (secondary N) is 1. The van der Waals surface area contributed by atoms with Crippen molar-refractivity contribution in [2.24, 2.45) is 18.9 Å². The van der Waals surface area contributed by atoms with E-state index in [2.05, 4.69) is 49.2 Å². The topological polar surface area (TPSA) is 33.1 Å². The predicted molar refractivity (Wildman–Crippen MR) is 80.4 cm³/mol. The van der Waals surface area contributed by atoms with Gasteiger partial charge in [-0.2, -0.15) is 5.10 Å². The molecule has 1 aromatic rings. The highest BCUT2D eigenvalue weighted by Crippen LogP contribution is 2.24. The summed E-state index contributed by atoms with van der Waals surface area (Å²) in [6, 6.07) is 1.16. The van der Waals surface area contributed by atoms with Crippen LogP contribution in [0.5, 0.6) is 0 Å². The molecule has 1 aromatic heterocycles. The Hall–Kier alpha value is -1.03. The van der Waals surface area contributed by atoms with Gasteiger partial charge in [0.15, 0.2) is 0 Å². The lowest BCUT2D eigenvalue weighted by molar-refractivity contribution is 0.310. The summed E-state index contributed by atoms with van der Waals surface area (Å²) in [6.07, 6.45) is 5.36. The minimum atomic E-state index is 0.563. The minimum Gasteiger partial charge on any atom is -0.363 e. The lowest BCUT2D eigenvalue weighted by Crippen LogP contribution is -2.58. The average Bonchev–Trinajstić information content (AvgIpc) is 2.74. The summed E-state index contributed by atoms with van der Waals surface area (Å²) < 4.78 is 1.90. The third-order valence-electron chi connectivity index (χ3n) is 3.98. The Morgan fingerprint density at radius 2 is 2.11 bits per heavy atom. The summed E-state index contributed by atoms with van der Waals surface area (Å²) in [5.74, 6) is 1.39. The molecule has 2 atom stereocenters. The van der Waals surface area contributed by atoms with Gasteiger partial charge < -0.3 is 10.2 Å². The SMILES string of the molecule is CC(C)CC1CN(c2cnn(C)c2)C(C(C)C)CN1. The van der Waals surface area contributed by atoms with Crippen molar-refractivity contribution in [3.8, 4) is 0 Å². The van der Waals surface area contributed by atoms with Gasteiger partial charge in [-0.3, -0.25) is 4.68 Å². The number of piperazine rings is 1. The summed E-state index contributed by atoms with van der Waals surface area (Å²) in [6.45, 7) is 11.4. The van der Waals surface area contributed by atoms with Crippen LogP contribution in [0.15, 0.2) is 12.4 Å². The van der Waals surface area contributed by atoms with Crippen molar-refractivity contribution in [3.63, 3.8) is 0 Å². The van der Waals surface area contributed by atoms with Gasteiger partial charge in [0.25, 0.3) is 0 Å². The van der Waals surface area contributed by atoms with Crippen LogP contribution in [0.1, 0.15) is 34.1 Å². The van der Waals surface area contributed by atoms with E-state index in [4.69, 9.17) is 0 Å². The molecule has 0 bridgehead atoms. The van der Waals surface area contributed by atoms with Crippen molar-refractivity contribution >= 4 is 5.69 Å². The molecule has 1 aliphatic rings. The number of hydrogen-bond acceptors (Lipinski definition) is 3. The maximum Gasteiger partial charge on any atom is 0.0755 e. The van der Waals surface area contributed by atoms with Crippen molar-refractivity contribution in [2.45, 2.75) is 46.2 Å². The molecule has 1 fully saturated rings. The number of aryl methyl sites for hydroxylation is 1. The van der Waals surface area contributed by atoms with Gasteiger partial charge in [-0.1, -0.05) is 27.7 Å². The molecule has 2 unspecified atom stereocenters. The Bertz CT molecular complexity index is 397. The van der Waals surface area contributed by atoms with Gasteiger partial charge >= 0.3 is 0 Å². The molecular formula is C15H28N4. The third-order valence-corrected chi connectivity index (χ3v) is 3.98. The highest BCUT2D eigenvalue weighted by atomic mass is 15.3. The summed E-state index contributed by atoms with van der Waals surface area (Å²) in [5, 5.41) is 8.05. The largest absolute Gasteiger partial charge is 0.363 e. The second-order valence-electron chi connectivity index (χ2n) is 6.57. The molecule has 0 radical (unpaired) electrons. The first-order valence-electron chi connectivity index (χ1n) is 7.46. The molecule has 108 valence electrons. The van der Waals surface area contributed by atoms with E-state index in [0.29, 0.717) is 18.0 Å². The molecule has 0 aromatic carbocycles. The van der Waals surface area contributed by atoms with Crippen LogP contribution in [0.2, 0.25) is 0 Å². The molecule has 19 heavy (non-hydrogen) atoms. The maximum atomic E-state index is 4.33. The van der Waals surface area contributed by atoms with Crippen LogP contribution in [0.4, 0.5) is 5.69 Å². The quantitative estimate of drug-likeness (QED) is 0.905. The van der Waals surface area contributed by atoms with Gasteiger partial charge in [0.05, 0.1) is 11.9 Å². The molecule has 4 nitrogen and oxygen atoms in total. The fourth-order valence-corrected chi connectivity index (χ4v) is 3.01.